The van der Waals surface area contributed by atoms with E-state index in [9.17, 15) is 4.79 Å². The van der Waals surface area contributed by atoms with Crippen molar-refractivity contribution in [2.75, 3.05) is 25.5 Å². The maximum atomic E-state index is 13.2. The average molecular weight is 507 g/mol. The van der Waals surface area contributed by atoms with E-state index in [1.54, 1.807) is 4.90 Å². The van der Waals surface area contributed by atoms with Crippen molar-refractivity contribution in [3.63, 3.8) is 0 Å². The van der Waals surface area contributed by atoms with Crippen LogP contribution in [0.5, 0.6) is 0 Å². The number of nitrogens with zero attached hydrogens (tertiary/aromatic N) is 1. The summed E-state index contributed by atoms with van der Waals surface area (Å²) in [6, 6.07) is 17.7. The number of benzene rings is 2. The van der Waals surface area contributed by atoms with Crippen molar-refractivity contribution in [1.29, 1.82) is 0 Å². The van der Waals surface area contributed by atoms with Crippen LogP contribution in [0.3, 0.4) is 0 Å². The van der Waals surface area contributed by atoms with Crippen LogP contribution < -0.4 is 5.73 Å². The molecule has 6 heteroatoms. The minimum absolute atomic E-state index is 0.167. The first-order chi connectivity index (χ1) is 17.8. The molecule has 2 atom stereocenters. The zero-order valence-electron chi connectivity index (χ0n) is 22.7. The zero-order valence-corrected chi connectivity index (χ0v) is 22.7. The van der Waals surface area contributed by atoms with Crippen LogP contribution in [0.2, 0.25) is 0 Å². The fourth-order valence-electron chi connectivity index (χ4n) is 4.54. The van der Waals surface area contributed by atoms with Gasteiger partial charge < -0.3 is 24.8 Å². The monoisotopic (exact) mass is 506 g/mol. The summed E-state index contributed by atoms with van der Waals surface area (Å²) < 4.78 is 17.8. The minimum Gasteiger partial charge on any atom is -0.444 e. The number of nitrogens with two attached hydrogens (primary N) is 1. The van der Waals surface area contributed by atoms with Gasteiger partial charge in [0.1, 0.15) is 5.60 Å². The number of para-hydroxylation sites is 1. The molecule has 1 unspecified atom stereocenters. The molecule has 2 aromatic rings. The first-order valence-electron chi connectivity index (χ1n) is 13.3. The van der Waals surface area contributed by atoms with E-state index in [-0.39, 0.29) is 24.2 Å². The molecule has 1 amide bonds. The Morgan fingerprint density at radius 3 is 2.43 bits per heavy atom. The fraction of sp³-hybridized carbons (Fsp3) is 0.516. The quantitative estimate of drug-likeness (QED) is 0.322. The lowest BCUT2D eigenvalue weighted by Crippen LogP contribution is -2.40. The second-order valence-corrected chi connectivity index (χ2v) is 10.6. The van der Waals surface area contributed by atoms with Gasteiger partial charge in [-0.05, 0) is 63.6 Å². The van der Waals surface area contributed by atoms with Gasteiger partial charge in [0.25, 0.3) is 0 Å². The van der Waals surface area contributed by atoms with Crippen LogP contribution in [0.1, 0.15) is 64.5 Å². The number of hydrogen-bond donors (Lipinski definition) is 1. The summed E-state index contributed by atoms with van der Waals surface area (Å²) in [5.74, 6) is 6.95. The van der Waals surface area contributed by atoms with Gasteiger partial charge in [-0.15, -0.1) is 0 Å². The van der Waals surface area contributed by atoms with Crippen LogP contribution in [-0.4, -0.2) is 42.6 Å². The molecule has 1 saturated heterocycles. The number of carbonyl (C=O) groups excluding carboxylic acids is 1. The van der Waals surface area contributed by atoms with E-state index in [0.29, 0.717) is 38.4 Å². The highest BCUT2D eigenvalue weighted by Gasteiger charge is 2.32. The molecule has 0 saturated carbocycles. The van der Waals surface area contributed by atoms with Crippen LogP contribution in [0, 0.1) is 23.7 Å². The molecular formula is C31H42N2O4. The van der Waals surface area contributed by atoms with E-state index >= 15 is 0 Å². The molecule has 0 aliphatic carbocycles. The van der Waals surface area contributed by atoms with Gasteiger partial charge in [-0.3, -0.25) is 0 Å². The number of hydrogen-bond acceptors (Lipinski definition) is 5. The third kappa shape index (κ3) is 9.42. The lowest BCUT2D eigenvalue weighted by Gasteiger charge is -2.35. The minimum atomic E-state index is -0.567. The highest BCUT2D eigenvalue weighted by Crippen LogP contribution is 2.31. The number of carbonyl (C=O) groups is 1. The summed E-state index contributed by atoms with van der Waals surface area (Å²) in [5.41, 5.74) is 8.10. The Kier molecular flexibility index (Phi) is 10.9. The molecule has 200 valence electrons. The molecule has 0 aromatic heterocycles. The predicted molar refractivity (Wildman–Crippen MR) is 148 cm³/mol. The largest absolute Gasteiger partial charge is 0.444 e. The van der Waals surface area contributed by atoms with Crippen molar-refractivity contribution in [3.05, 3.63) is 65.7 Å². The van der Waals surface area contributed by atoms with E-state index in [4.69, 9.17) is 19.9 Å². The fourth-order valence-corrected chi connectivity index (χ4v) is 4.54. The Labute approximate surface area is 222 Å². The number of amides is 1. The molecule has 0 radical (unpaired) electrons. The predicted octanol–water partition coefficient (Wildman–Crippen LogP) is 6.24. The average Bonchev–Trinajstić information content (AvgIpc) is 2.87. The van der Waals surface area contributed by atoms with Crippen LogP contribution in [0.25, 0.3) is 0 Å². The zero-order chi connectivity index (χ0) is 26.7. The molecular weight excluding hydrogens is 464 g/mol. The van der Waals surface area contributed by atoms with Crippen LogP contribution in [0.4, 0.5) is 10.5 Å². The summed E-state index contributed by atoms with van der Waals surface area (Å²) >= 11 is 0. The lowest BCUT2D eigenvalue weighted by molar-refractivity contribution is -0.214. The second kappa shape index (κ2) is 14.1. The summed E-state index contributed by atoms with van der Waals surface area (Å²) in [4.78, 5) is 15.0. The molecule has 0 spiro atoms. The van der Waals surface area contributed by atoms with Gasteiger partial charge in [0.2, 0.25) is 0 Å². The van der Waals surface area contributed by atoms with E-state index in [0.717, 1.165) is 30.4 Å². The lowest BCUT2D eigenvalue weighted by atomic mass is 9.84. The molecule has 0 bridgehead atoms. The Hall–Kier alpha value is -3.01. The van der Waals surface area contributed by atoms with Gasteiger partial charge in [0, 0.05) is 36.7 Å². The summed E-state index contributed by atoms with van der Waals surface area (Å²) in [6.07, 6.45) is 2.66. The Bertz CT molecular complexity index is 1030. The van der Waals surface area contributed by atoms with Crippen molar-refractivity contribution >= 4 is 11.8 Å². The maximum absolute atomic E-state index is 13.2. The summed E-state index contributed by atoms with van der Waals surface area (Å²) in [5, 5.41) is 0. The first kappa shape index (κ1) is 28.6. The molecule has 1 aliphatic rings. The van der Waals surface area contributed by atoms with Crippen molar-refractivity contribution in [3.8, 4) is 11.8 Å². The van der Waals surface area contributed by atoms with Gasteiger partial charge in [-0.2, -0.15) is 0 Å². The van der Waals surface area contributed by atoms with Crippen molar-refractivity contribution in [1.82, 2.24) is 4.90 Å². The van der Waals surface area contributed by atoms with E-state index in [1.165, 1.54) is 0 Å². The highest BCUT2D eigenvalue weighted by molar-refractivity contribution is 5.68. The Morgan fingerprint density at radius 1 is 1.11 bits per heavy atom. The van der Waals surface area contributed by atoms with Crippen LogP contribution in [-0.2, 0) is 20.8 Å². The maximum Gasteiger partial charge on any atom is 0.410 e. The number of ether oxygens (including phenoxy) is 3. The van der Waals surface area contributed by atoms with Gasteiger partial charge in [-0.1, -0.05) is 61.2 Å². The summed E-state index contributed by atoms with van der Waals surface area (Å²) in [7, 11) is 0. The third-order valence-electron chi connectivity index (χ3n) is 6.47. The van der Waals surface area contributed by atoms with E-state index in [1.807, 2.05) is 75.4 Å². The van der Waals surface area contributed by atoms with Gasteiger partial charge in [0.05, 0.1) is 13.2 Å². The molecule has 2 N–H and O–H groups in total. The molecule has 3 rings (SSSR count). The molecule has 1 fully saturated rings. The number of anilines is 1. The van der Waals surface area contributed by atoms with Gasteiger partial charge in [0.15, 0.2) is 6.29 Å². The first-order valence-corrected chi connectivity index (χ1v) is 13.3. The van der Waals surface area contributed by atoms with Gasteiger partial charge in [-0.25, -0.2) is 4.79 Å². The molecule has 6 nitrogen and oxygen atoms in total. The Balaban J connectivity index is 1.79. The second-order valence-electron chi connectivity index (χ2n) is 10.6. The smallest absolute Gasteiger partial charge is 0.410 e. The van der Waals surface area contributed by atoms with Crippen molar-refractivity contribution in [2.24, 2.45) is 11.8 Å². The normalized spacial score (nSPS) is 15.8. The number of rotatable bonds is 9. The van der Waals surface area contributed by atoms with Crippen molar-refractivity contribution < 1.29 is 19.0 Å². The van der Waals surface area contributed by atoms with Crippen molar-refractivity contribution in [2.45, 2.75) is 71.8 Å². The molecule has 1 aliphatic heterocycles. The SMILES string of the molecule is CCC(C1OCCCO1)[C@@H](CC#Cc1ccccc1N)CCN(Cc1ccccc1)C(=O)OC(C)(C)C. The van der Waals surface area contributed by atoms with E-state index < -0.39 is 5.60 Å². The van der Waals surface area contributed by atoms with Crippen LogP contribution in [0.15, 0.2) is 54.6 Å². The summed E-state index contributed by atoms with van der Waals surface area (Å²) in [6.45, 7) is 10.3. The molecule has 2 aromatic carbocycles. The third-order valence-corrected chi connectivity index (χ3v) is 6.47. The topological polar surface area (TPSA) is 74.0 Å². The van der Waals surface area contributed by atoms with E-state index in [2.05, 4.69) is 18.8 Å². The van der Waals surface area contributed by atoms with Crippen LogP contribution >= 0.6 is 0 Å². The molecule has 1 heterocycles. The number of nitrogen functional groups attached to an aromatic ring is 1. The standard InChI is InChI=1S/C31H42N2O4/c1-5-27(29-35-21-12-22-36-29)25(16-11-17-26-15-9-10-18-28(26)32)19-20-33(30(34)37-31(2,3)4)23-24-13-7-6-8-14-24/h6-10,13-15,18,25,27,29H,5,12,16,19-23,32H2,1-4H3/t25-,27?/m0/s1. The molecule has 37 heavy (non-hydrogen) atoms. The highest BCUT2D eigenvalue weighted by atomic mass is 16.7. The Morgan fingerprint density at radius 2 is 1.78 bits per heavy atom. The van der Waals surface area contributed by atoms with Gasteiger partial charge >= 0.3 is 6.09 Å².